The minimum absolute atomic E-state index is 0.244. The van der Waals surface area contributed by atoms with Crippen molar-refractivity contribution < 1.29 is 14.3 Å². The molecule has 2 heterocycles. The van der Waals surface area contributed by atoms with Crippen molar-refractivity contribution in [2.45, 2.75) is 45.3 Å². The molecule has 2 aliphatic rings. The highest BCUT2D eigenvalue weighted by Crippen LogP contribution is 2.49. The Balaban J connectivity index is 1.74. The van der Waals surface area contributed by atoms with Crippen molar-refractivity contribution in [1.82, 2.24) is 9.78 Å². The van der Waals surface area contributed by atoms with E-state index in [-0.39, 0.29) is 11.6 Å². The Morgan fingerprint density at radius 2 is 2.42 bits per heavy atom. The second-order valence-electron chi connectivity index (χ2n) is 5.50. The standard InChI is InChI=1S/C14H20N2O3/c1-3-16-12(8-10(2)15-16)13(17)19-14(5-6-14)11-4-7-18-9-11/h8,11H,3-7,9H2,1-2H3/t11-/m0/s1. The van der Waals surface area contributed by atoms with Gasteiger partial charge >= 0.3 is 5.97 Å². The highest BCUT2D eigenvalue weighted by atomic mass is 16.6. The van der Waals surface area contributed by atoms with E-state index in [1.165, 1.54) is 0 Å². The molecule has 5 heteroatoms. The van der Waals surface area contributed by atoms with E-state index in [9.17, 15) is 4.79 Å². The minimum Gasteiger partial charge on any atom is -0.454 e. The van der Waals surface area contributed by atoms with E-state index >= 15 is 0 Å². The Hall–Kier alpha value is -1.36. The van der Waals surface area contributed by atoms with Gasteiger partial charge in [-0.25, -0.2) is 4.79 Å². The van der Waals surface area contributed by atoms with Crippen LogP contribution in [0.25, 0.3) is 0 Å². The predicted molar refractivity (Wildman–Crippen MR) is 68.9 cm³/mol. The maximum atomic E-state index is 12.3. The summed E-state index contributed by atoms with van der Waals surface area (Å²) in [4.78, 5) is 12.3. The SMILES string of the molecule is CCn1nc(C)cc1C(=O)OC1([C@H]2CCOC2)CC1. The molecule has 1 aromatic rings. The number of nitrogens with zero attached hydrogens (tertiary/aromatic N) is 2. The van der Waals surface area contributed by atoms with Crippen LogP contribution in [0, 0.1) is 12.8 Å². The third-order valence-corrected chi connectivity index (χ3v) is 4.12. The van der Waals surface area contributed by atoms with Crippen molar-refractivity contribution in [2.75, 3.05) is 13.2 Å². The number of esters is 1. The highest BCUT2D eigenvalue weighted by Gasteiger charge is 2.54. The van der Waals surface area contributed by atoms with Gasteiger partial charge in [-0.2, -0.15) is 5.10 Å². The van der Waals surface area contributed by atoms with Crippen molar-refractivity contribution in [2.24, 2.45) is 5.92 Å². The zero-order chi connectivity index (χ0) is 13.5. The molecule has 2 fully saturated rings. The van der Waals surface area contributed by atoms with Gasteiger partial charge in [-0.1, -0.05) is 0 Å². The lowest BCUT2D eigenvalue weighted by molar-refractivity contribution is -0.000380. The van der Waals surface area contributed by atoms with Crippen LogP contribution in [-0.2, 0) is 16.0 Å². The molecule has 104 valence electrons. The summed E-state index contributed by atoms with van der Waals surface area (Å²) < 4.78 is 12.9. The van der Waals surface area contributed by atoms with Crippen LogP contribution in [0.5, 0.6) is 0 Å². The van der Waals surface area contributed by atoms with E-state index in [1.807, 2.05) is 13.8 Å². The summed E-state index contributed by atoms with van der Waals surface area (Å²) >= 11 is 0. The van der Waals surface area contributed by atoms with Gasteiger partial charge in [-0.3, -0.25) is 4.68 Å². The summed E-state index contributed by atoms with van der Waals surface area (Å²) in [6.45, 7) is 6.05. The number of hydrogen-bond acceptors (Lipinski definition) is 4. The van der Waals surface area contributed by atoms with Crippen LogP contribution in [0.2, 0.25) is 0 Å². The van der Waals surface area contributed by atoms with Crippen LogP contribution < -0.4 is 0 Å². The summed E-state index contributed by atoms with van der Waals surface area (Å²) in [5.41, 5.74) is 1.15. The topological polar surface area (TPSA) is 53.4 Å². The third kappa shape index (κ3) is 2.27. The van der Waals surface area contributed by atoms with E-state index in [1.54, 1.807) is 10.7 Å². The maximum absolute atomic E-state index is 12.3. The zero-order valence-corrected chi connectivity index (χ0v) is 11.5. The molecular weight excluding hydrogens is 244 g/mol. The average Bonchev–Trinajstić information content (AvgIpc) is 2.84. The first kappa shape index (κ1) is 12.7. The highest BCUT2D eigenvalue weighted by molar-refractivity contribution is 5.88. The quantitative estimate of drug-likeness (QED) is 0.780. The summed E-state index contributed by atoms with van der Waals surface area (Å²) in [5, 5.41) is 4.29. The Bertz CT molecular complexity index is 485. The van der Waals surface area contributed by atoms with Gasteiger partial charge in [-0.05, 0) is 39.2 Å². The first-order chi connectivity index (χ1) is 9.14. The van der Waals surface area contributed by atoms with Gasteiger partial charge in [0.15, 0.2) is 0 Å². The van der Waals surface area contributed by atoms with Gasteiger partial charge < -0.3 is 9.47 Å². The van der Waals surface area contributed by atoms with Crippen molar-refractivity contribution in [3.63, 3.8) is 0 Å². The molecule has 1 aliphatic carbocycles. The van der Waals surface area contributed by atoms with E-state index in [2.05, 4.69) is 5.10 Å². The second kappa shape index (κ2) is 4.63. The lowest BCUT2D eigenvalue weighted by Crippen LogP contribution is -2.30. The minimum atomic E-state index is -0.260. The molecule has 1 saturated carbocycles. The number of aromatic nitrogens is 2. The molecule has 3 rings (SSSR count). The molecule has 1 atom stereocenters. The van der Waals surface area contributed by atoms with Gasteiger partial charge in [0.1, 0.15) is 11.3 Å². The Morgan fingerprint density at radius 3 is 3.00 bits per heavy atom. The molecule has 1 aliphatic heterocycles. The van der Waals surface area contributed by atoms with Crippen molar-refractivity contribution >= 4 is 5.97 Å². The van der Waals surface area contributed by atoms with Gasteiger partial charge in [0, 0.05) is 19.1 Å². The molecule has 0 amide bonds. The summed E-state index contributed by atoms with van der Waals surface area (Å²) in [5.74, 6) is 0.127. The average molecular weight is 264 g/mol. The molecule has 0 bridgehead atoms. The fourth-order valence-corrected chi connectivity index (χ4v) is 2.85. The van der Waals surface area contributed by atoms with Crippen LogP contribution in [0.15, 0.2) is 6.07 Å². The fourth-order valence-electron chi connectivity index (χ4n) is 2.85. The van der Waals surface area contributed by atoms with Crippen molar-refractivity contribution in [3.8, 4) is 0 Å². The lowest BCUT2D eigenvalue weighted by atomic mass is 9.99. The Labute approximate surface area is 112 Å². The predicted octanol–water partition coefficient (Wildman–Crippen LogP) is 1.94. The Kier molecular flexibility index (Phi) is 3.09. The molecular formula is C14H20N2O3. The van der Waals surface area contributed by atoms with Crippen molar-refractivity contribution in [3.05, 3.63) is 17.5 Å². The lowest BCUT2D eigenvalue weighted by Gasteiger charge is -2.22. The van der Waals surface area contributed by atoms with E-state index < -0.39 is 0 Å². The van der Waals surface area contributed by atoms with Crippen molar-refractivity contribution in [1.29, 1.82) is 0 Å². The van der Waals surface area contributed by atoms with Gasteiger partial charge in [0.05, 0.1) is 12.3 Å². The molecule has 0 unspecified atom stereocenters. The van der Waals surface area contributed by atoms with Crippen LogP contribution in [0.3, 0.4) is 0 Å². The maximum Gasteiger partial charge on any atom is 0.357 e. The van der Waals surface area contributed by atoms with Crippen LogP contribution in [0.1, 0.15) is 42.4 Å². The molecule has 1 aromatic heterocycles. The smallest absolute Gasteiger partial charge is 0.357 e. The third-order valence-electron chi connectivity index (χ3n) is 4.12. The number of rotatable bonds is 4. The molecule has 5 nitrogen and oxygen atoms in total. The molecule has 0 N–H and O–H groups in total. The summed E-state index contributed by atoms with van der Waals surface area (Å²) in [6, 6.07) is 1.80. The van der Waals surface area contributed by atoms with Gasteiger partial charge in [0.2, 0.25) is 0 Å². The molecule has 1 saturated heterocycles. The van der Waals surface area contributed by atoms with Crippen LogP contribution in [-0.4, -0.2) is 34.6 Å². The molecule has 0 spiro atoms. The van der Waals surface area contributed by atoms with Crippen LogP contribution >= 0.6 is 0 Å². The number of carbonyl (C=O) groups excluding carboxylic acids is 1. The summed E-state index contributed by atoms with van der Waals surface area (Å²) in [7, 11) is 0. The molecule has 19 heavy (non-hydrogen) atoms. The number of ether oxygens (including phenoxy) is 2. The van der Waals surface area contributed by atoms with E-state index in [4.69, 9.17) is 9.47 Å². The number of hydrogen-bond donors (Lipinski definition) is 0. The van der Waals surface area contributed by atoms with Gasteiger partial charge in [0.25, 0.3) is 0 Å². The molecule has 0 aromatic carbocycles. The number of carbonyl (C=O) groups is 1. The first-order valence-electron chi connectivity index (χ1n) is 7.00. The summed E-state index contributed by atoms with van der Waals surface area (Å²) in [6.07, 6.45) is 2.93. The van der Waals surface area contributed by atoms with Gasteiger partial charge in [-0.15, -0.1) is 0 Å². The van der Waals surface area contributed by atoms with E-state index in [0.29, 0.717) is 18.2 Å². The monoisotopic (exact) mass is 264 g/mol. The Morgan fingerprint density at radius 1 is 1.63 bits per heavy atom. The zero-order valence-electron chi connectivity index (χ0n) is 11.5. The van der Waals surface area contributed by atoms with Crippen LogP contribution in [0.4, 0.5) is 0 Å². The normalized spacial score (nSPS) is 24.4. The first-order valence-corrected chi connectivity index (χ1v) is 7.00. The number of aryl methyl sites for hydroxylation is 2. The second-order valence-corrected chi connectivity index (χ2v) is 5.50. The largest absolute Gasteiger partial charge is 0.454 e. The van der Waals surface area contributed by atoms with E-state index in [0.717, 1.165) is 38.2 Å². The molecule has 0 radical (unpaired) electrons. The fraction of sp³-hybridized carbons (Fsp3) is 0.714.